The Morgan fingerprint density at radius 2 is 2.10 bits per heavy atom. The van der Waals surface area contributed by atoms with E-state index in [2.05, 4.69) is 25.9 Å². The van der Waals surface area contributed by atoms with Crippen LogP contribution in [0.1, 0.15) is 5.56 Å². The number of rotatable bonds is 3. The smallest absolute Gasteiger partial charge is 0.325 e. The molecule has 1 fully saturated rings. The molecule has 4 atom stereocenters. The monoisotopic (exact) mass is 348 g/mol. The summed E-state index contributed by atoms with van der Waals surface area (Å²) < 4.78 is 5.33. The van der Waals surface area contributed by atoms with Crippen LogP contribution in [0.15, 0.2) is 20.8 Å². The normalized spacial score (nSPS) is 30.7. The summed E-state index contributed by atoms with van der Waals surface area (Å²) in [5.74, 6) is 0. The summed E-state index contributed by atoms with van der Waals surface area (Å²) in [5, 5.41) is 28.7. The van der Waals surface area contributed by atoms with Crippen molar-refractivity contribution < 1.29 is 20.1 Å². The molecule has 110 valence electrons. The fourth-order valence-electron chi connectivity index (χ4n) is 2.05. The Morgan fingerprint density at radius 1 is 1.40 bits per heavy atom. The van der Waals surface area contributed by atoms with Gasteiger partial charge in [0.15, 0.2) is 0 Å². The highest BCUT2D eigenvalue weighted by atomic mass is 79.9. The van der Waals surface area contributed by atoms with E-state index in [4.69, 9.17) is 9.84 Å². The molecule has 0 radical (unpaired) electrons. The molecule has 0 spiro atoms. The molecule has 9 heteroatoms. The van der Waals surface area contributed by atoms with E-state index in [1.807, 2.05) is 0 Å². The molecule has 5 N–H and O–H groups in total. The van der Waals surface area contributed by atoms with Gasteiger partial charge in [0.1, 0.15) is 24.4 Å². The van der Waals surface area contributed by atoms with Crippen LogP contribution in [0, 0.1) is 0 Å². The van der Waals surface area contributed by atoms with Crippen molar-refractivity contribution in [2.45, 2.75) is 24.4 Å². The first-order valence-electron chi connectivity index (χ1n) is 5.74. The lowest BCUT2D eigenvalue weighted by Gasteiger charge is -2.17. The van der Waals surface area contributed by atoms with E-state index in [1.165, 1.54) is 11.2 Å². The molecule has 1 aliphatic rings. The number of nitrogens with one attached hydrogen (secondary N) is 2. The van der Waals surface area contributed by atoms with Crippen LogP contribution in [0.4, 0.5) is 0 Å². The molecule has 1 aliphatic heterocycles. The van der Waals surface area contributed by atoms with Crippen LogP contribution >= 0.6 is 15.9 Å². The lowest BCUT2D eigenvalue weighted by molar-refractivity contribution is -0.0110. The quantitative estimate of drug-likeness (QED) is 0.441. The number of ether oxygens (including phenoxy) is 1. The predicted octanol–water partition coefficient (Wildman–Crippen LogP) is -1.72. The van der Waals surface area contributed by atoms with Crippen LogP contribution in [0.25, 0.3) is 5.57 Å². The SMILES string of the molecule is O=c1[nH]cc(/C(=C\Br)[C@@H]2O[C@H](CO)[C@@H](O)[C@@H]2O)c(=O)[nH]1. The van der Waals surface area contributed by atoms with Crippen molar-refractivity contribution in [1.82, 2.24) is 9.97 Å². The number of hydrogen-bond donors (Lipinski definition) is 5. The van der Waals surface area contributed by atoms with Crippen molar-refractivity contribution in [2.75, 3.05) is 6.61 Å². The molecule has 2 heterocycles. The van der Waals surface area contributed by atoms with E-state index in [1.54, 1.807) is 0 Å². The molecule has 0 saturated carbocycles. The molecule has 0 aromatic carbocycles. The highest BCUT2D eigenvalue weighted by Gasteiger charge is 2.44. The van der Waals surface area contributed by atoms with Gasteiger partial charge in [-0.05, 0) is 4.99 Å². The van der Waals surface area contributed by atoms with Gasteiger partial charge < -0.3 is 25.0 Å². The van der Waals surface area contributed by atoms with Gasteiger partial charge in [0, 0.05) is 11.8 Å². The van der Waals surface area contributed by atoms with Crippen LogP contribution in [-0.2, 0) is 4.74 Å². The molecule has 1 saturated heterocycles. The Balaban J connectivity index is 2.39. The highest BCUT2D eigenvalue weighted by Crippen LogP contribution is 2.31. The number of aliphatic hydroxyl groups is 3. The van der Waals surface area contributed by atoms with Crippen LogP contribution in [0.3, 0.4) is 0 Å². The van der Waals surface area contributed by atoms with E-state index in [0.29, 0.717) is 0 Å². The Morgan fingerprint density at radius 3 is 2.60 bits per heavy atom. The summed E-state index contributed by atoms with van der Waals surface area (Å²) in [5.41, 5.74) is -0.993. The molecular weight excluding hydrogens is 336 g/mol. The fourth-order valence-corrected chi connectivity index (χ4v) is 2.56. The van der Waals surface area contributed by atoms with Crippen LogP contribution in [-0.4, -0.2) is 56.3 Å². The molecule has 20 heavy (non-hydrogen) atoms. The summed E-state index contributed by atoms with van der Waals surface area (Å²) in [7, 11) is 0. The highest BCUT2D eigenvalue weighted by molar-refractivity contribution is 9.11. The van der Waals surface area contributed by atoms with Crippen molar-refractivity contribution in [2.24, 2.45) is 0 Å². The number of aliphatic hydroxyl groups excluding tert-OH is 3. The topological polar surface area (TPSA) is 136 Å². The number of hydrogen-bond acceptors (Lipinski definition) is 6. The second kappa shape index (κ2) is 6.02. The van der Waals surface area contributed by atoms with Gasteiger partial charge in [0.25, 0.3) is 5.56 Å². The summed E-state index contributed by atoms with van der Waals surface area (Å²) in [4.78, 5) is 28.5. The molecule has 2 rings (SSSR count). The Kier molecular flexibility index (Phi) is 4.55. The first kappa shape index (κ1) is 15.1. The summed E-state index contributed by atoms with van der Waals surface area (Å²) >= 11 is 3.06. The maximum atomic E-state index is 11.8. The molecule has 0 bridgehead atoms. The second-order valence-corrected chi connectivity index (χ2v) is 4.77. The molecule has 0 aliphatic carbocycles. The number of halogens is 1. The minimum absolute atomic E-state index is 0.0799. The first-order valence-corrected chi connectivity index (χ1v) is 6.66. The average molecular weight is 349 g/mol. The summed E-state index contributed by atoms with van der Waals surface area (Å²) in [6.45, 7) is -0.466. The largest absolute Gasteiger partial charge is 0.394 e. The minimum atomic E-state index is -1.30. The van der Waals surface area contributed by atoms with Gasteiger partial charge in [-0.25, -0.2) is 4.79 Å². The van der Waals surface area contributed by atoms with E-state index in [-0.39, 0.29) is 11.1 Å². The van der Waals surface area contributed by atoms with Crippen molar-refractivity contribution in [3.8, 4) is 0 Å². The number of aromatic nitrogens is 2. The van der Waals surface area contributed by atoms with E-state index in [0.717, 1.165) is 0 Å². The van der Waals surface area contributed by atoms with Gasteiger partial charge in [-0.1, -0.05) is 15.9 Å². The lowest BCUT2D eigenvalue weighted by atomic mass is 9.99. The standard InChI is InChI=1S/C11H13BrN2O6/c12-1-4(5-2-13-11(19)14-10(5)18)9-8(17)7(16)6(3-15)20-9/h1-2,6-9,15-17H,3H2,(H2,13,14,18,19)/b4-1+/t6-,7-,8+,9+/m1/s1. The maximum absolute atomic E-state index is 11.8. The van der Waals surface area contributed by atoms with Gasteiger partial charge in [-0.3, -0.25) is 9.78 Å². The maximum Gasteiger partial charge on any atom is 0.325 e. The Labute approximate surface area is 120 Å². The van der Waals surface area contributed by atoms with Crippen molar-refractivity contribution in [3.05, 3.63) is 37.6 Å². The number of H-pyrrole nitrogens is 2. The first-order chi connectivity index (χ1) is 9.49. The Bertz CT molecular complexity index is 624. The number of aromatic amines is 2. The van der Waals surface area contributed by atoms with E-state index < -0.39 is 42.3 Å². The van der Waals surface area contributed by atoms with Gasteiger partial charge in [-0.15, -0.1) is 0 Å². The molecule has 1 aromatic rings. The lowest BCUT2D eigenvalue weighted by Crippen LogP contribution is -2.35. The minimum Gasteiger partial charge on any atom is -0.394 e. The fraction of sp³-hybridized carbons (Fsp3) is 0.455. The molecule has 8 nitrogen and oxygen atoms in total. The summed E-state index contributed by atoms with van der Waals surface area (Å²) in [6, 6.07) is 0. The van der Waals surface area contributed by atoms with Gasteiger partial charge >= 0.3 is 5.69 Å². The summed E-state index contributed by atoms with van der Waals surface area (Å²) in [6.07, 6.45) is -3.34. The third kappa shape index (κ3) is 2.63. The molecular formula is C11H13BrN2O6. The van der Waals surface area contributed by atoms with E-state index in [9.17, 15) is 19.8 Å². The van der Waals surface area contributed by atoms with Crippen molar-refractivity contribution in [3.63, 3.8) is 0 Å². The van der Waals surface area contributed by atoms with Crippen LogP contribution < -0.4 is 11.2 Å². The van der Waals surface area contributed by atoms with E-state index >= 15 is 0 Å². The zero-order chi connectivity index (χ0) is 14.9. The predicted molar refractivity (Wildman–Crippen MR) is 72.3 cm³/mol. The zero-order valence-electron chi connectivity index (χ0n) is 10.1. The molecule has 0 amide bonds. The zero-order valence-corrected chi connectivity index (χ0v) is 11.7. The van der Waals surface area contributed by atoms with Gasteiger partial charge in [-0.2, -0.15) is 0 Å². The third-order valence-corrected chi connectivity index (χ3v) is 3.59. The second-order valence-electron chi connectivity index (χ2n) is 4.31. The molecule has 0 unspecified atom stereocenters. The molecule has 1 aromatic heterocycles. The van der Waals surface area contributed by atoms with Crippen LogP contribution in [0.5, 0.6) is 0 Å². The van der Waals surface area contributed by atoms with Gasteiger partial charge in [0.05, 0.1) is 12.2 Å². The average Bonchev–Trinajstić information content (AvgIpc) is 2.70. The Hall–Kier alpha value is -1.26. The van der Waals surface area contributed by atoms with Gasteiger partial charge in [0.2, 0.25) is 0 Å². The van der Waals surface area contributed by atoms with Crippen molar-refractivity contribution in [1.29, 1.82) is 0 Å². The third-order valence-electron chi connectivity index (χ3n) is 3.10. The van der Waals surface area contributed by atoms with Crippen LogP contribution in [0.2, 0.25) is 0 Å². The van der Waals surface area contributed by atoms with Crippen molar-refractivity contribution >= 4 is 21.5 Å².